The van der Waals surface area contributed by atoms with Gasteiger partial charge >= 0.3 is 0 Å². The molecule has 1 aromatic heterocycles. The average molecular weight is 251 g/mol. The normalized spacial score (nSPS) is 20.8. The minimum atomic E-state index is 0.220. The molecule has 2 rings (SSSR count). The summed E-state index contributed by atoms with van der Waals surface area (Å²) >= 11 is 0. The average Bonchev–Trinajstić information content (AvgIpc) is 2.77. The highest BCUT2D eigenvalue weighted by Crippen LogP contribution is 2.37. The Hall–Kier alpha value is -0.970. The third-order valence-electron chi connectivity index (χ3n) is 4.05. The zero-order valence-corrected chi connectivity index (χ0v) is 11.8. The van der Waals surface area contributed by atoms with Crippen LogP contribution >= 0.6 is 0 Å². The van der Waals surface area contributed by atoms with Crippen LogP contribution in [0.15, 0.2) is 0 Å². The van der Waals surface area contributed by atoms with Gasteiger partial charge in [-0.2, -0.15) is 0 Å². The molecule has 1 heterocycles. The van der Waals surface area contributed by atoms with E-state index in [1.807, 2.05) is 4.68 Å². The van der Waals surface area contributed by atoms with Crippen molar-refractivity contribution in [1.82, 2.24) is 25.5 Å². The summed E-state index contributed by atoms with van der Waals surface area (Å²) in [6, 6.07) is 0.220. The molecule has 0 radical (unpaired) electrons. The first-order chi connectivity index (χ1) is 8.64. The second-order valence-corrected chi connectivity index (χ2v) is 5.85. The van der Waals surface area contributed by atoms with E-state index >= 15 is 0 Å². The van der Waals surface area contributed by atoms with Gasteiger partial charge in [0.05, 0.1) is 12.6 Å². The SMILES string of the molecule is CCNC(C)c1nnnn1CC1(C)CCCCC1. The third-order valence-corrected chi connectivity index (χ3v) is 4.05. The van der Waals surface area contributed by atoms with Crippen molar-refractivity contribution in [3.63, 3.8) is 0 Å². The van der Waals surface area contributed by atoms with Crippen molar-refractivity contribution in [2.24, 2.45) is 5.41 Å². The van der Waals surface area contributed by atoms with Crippen molar-refractivity contribution in [3.05, 3.63) is 5.82 Å². The molecule has 102 valence electrons. The maximum atomic E-state index is 4.17. The standard InChI is InChI=1S/C13H25N5/c1-4-14-11(2)12-15-16-17-18(12)10-13(3)8-6-5-7-9-13/h11,14H,4-10H2,1-3H3. The maximum absolute atomic E-state index is 4.17. The van der Waals surface area contributed by atoms with Crippen molar-refractivity contribution in [2.45, 2.75) is 65.5 Å². The predicted octanol–water partition coefficient (Wildman–Crippen LogP) is 2.31. The van der Waals surface area contributed by atoms with Crippen LogP contribution < -0.4 is 5.32 Å². The van der Waals surface area contributed by atoms with Crippen LogP contribution in [0.4, 0.5) is 0 Å². The van der Waals surface area contributed by atoms with Gasteiger partial charge in [-0.15, -0.1) is 5.10 Å². The van der Waals surface area contributed by atoms with E-state index < -0.39 is 0 Å². The smallest absolute Gasteiger partial charge is 0.167 e. The number of rotatable bonds is 5. The van der Waals surface area contributed by atoms with Gasteiger partial charge in [0.1, 0.15) is 0 Å². The highest BCUT2D eigenvalue weighted by atomic mass is 15.5. The molecule has 0 bridgehead atoms. The monoisotopic (exact) mass is 251 g/mol. The molecule has 0 amide bonds. The summed E-state index contributed by atoms with van der Waals surface area (Å²) in [5.74, 6) is 0.962. The molecular weight excluding hydrogens is 226 g/mol. The van der Waals surface area contributed by atoms with Crippen LogP contribution in [-0.4, -0.2) is 26.8 Å². The summed E-state index contributed by atoms with van der Waals surface area (Å²) in [7, 11) is 0. The van der Waals surface area contributed by atoms with Crippen LogP contribution in [0.2, 0.25) is 0 Å². The second-order valence-electron chi connectivity index (χ2n) is 5.85. The molecule has 1 aliphatic carbocycles. The highest BCUT2D eigenvalue weighted by molar-refractivity contribution is 4.91. The molecule has 1 saturated carbocycles. The Morgan fingerprint density at radius 3 is 2.72 bits per heavy atom. The zero-order chi connectivity index (χ0) is 13.0. The summed E-state index contributed by atoms with van der Waals surface area (Å²) < 4.78 is 2.00. The van der Waals surface area contributed by atoms with Crippen LogP contribution in [-0.2, 0) is 6.54 Å². The minimum Gasteiger partial charge on any atom is -0.308 e. The van der Waals surface area contributed by atoms with Gasteiger partial charge in [0, 0.05) is 0 Å². The zero-order valence-electron chi connectivity index (χ0n) is 11.8. The Morgan fingerprint density at radius 2 is 2.06 bits per heavy atom. The Bertz CT molecular complexity index is 367. The van der Waals surface area contributed by atoms with Crippen LogP contribution in [0, 0.1) is 5.41 Å². The fourth-order valence-electron chi connectivity index (χ4n) is 2.96. The molecule has 5 nitrogen and oxygen atoms in total. The Balaban J connectivity index is 2.07. The summed E-state index contributed by atoms with van der Waals surface area (Å²) in [6.45, 7) is 8.48. The van der Waals surface area contributed by atoms with Crippen LogP contribution in [0.25, 0.3) is 0 Å². The van der Waals surface area contributed by atoms with Crippen molar-refractivity contribution in [1.29, 1.82) is 0 Å². The Morgan fingerprint density at radius 1 is 1.33 bits per heavy atom. The molecule has 1 unspecified atom stereocenters. The summed E-state index contributed by atoms with van der Waals surface area (Å²) in [4.78, 5) is 0. The summed E-state index contributed by atoms with van der Waals surface area (Å²) in [5, 5.41) is 15.6. The van der Waals surface area contributed by atoms with E-state index in [9.17, 15) is 0 Å². The molecule has 18 heavy (non-hydrogen) atoms. The number of hydrogen-bond acceptors (Lipinski definition) is 4. The largest absolute Gasteiger partial charge is 0.308 e. The summed E-state index contributed by atoms with van der Waals surface area (Å²) in [6.07, 6.45) is 6.66. The minimum absolute atomic E-state index is 0.220. The van der Waals surface area contributed by atoms with Crippen LogP contribution in [0.1, 0.15) is 64.7 Å². The van der Waals surface area contributed by atoms with E-state index in [2.05, 4.69) is 41.6 Å². The number of hydrogen-bond donors (Lipinski definition) is 1. The molecule has 1 fully saturated rings. The van der Waals surface area contributed by atoms with E-state index in [1.165, 1.54) is 32.1 Å². The first kappa shape index (κ1) is 13.5. The lowest BCUT2D eigenvalue weighted by atomic mass is 9.76. The van der Waals surface area contributed by atoms with Gasteiger partial charge in [0.2, 0.25) is 0 Å². The van der Waals surface area contributed by atoms with Gasteiger partial charge in [0.25, 0.3) is 0 Å². The molecular formula is C13H25N5. The molecule has 0 aromatic carbocycles. The Labute approximate surface area is 109 Å². The quantitative estimate of drug-likeness (QED) is 0.872. The van der Waals surface area contributed by atoms with Gasteiger partial charge in [0.15, 0.2) is 5.82 Å². The number of tetrazole rings is 1. The van der Waals surface area contributed by atoms with Crippen molar-refractivity contribution >= 4 is 0 Å². The van der Waals surface area contributed by atoms with E-state index in [-0.39, 0.29) is 6.04 Å². The lowest BCUT2D eigenvalue weighted by Crippen LogP contribution is -2.30. The van der Waals surface area contributed by atoms with Crippen LogP contribution in [0.3, 0.4) is 0 Å². The first-order valence-corrected chi connectivity index (χ1v) is 7.14. The van der Waals surface area contributed by atoms with E-state index in [0.29, 0.717) is 5.41 Å². The molecule has 0 spiro atoms. The first-order valence-electron chi connectivity index (χ1n) is 7.14. The van der Waals surface area contributed by atoms with E-state index in [4.69, 9.17) is 0 Å². The predicted molar refractivity (Wildman–Crippen MR) is 71.1 cm³/mol. The fraction of sp³-hybridized carbons (Fsp3) is 0.923. The lowest BCUT2D eigenvalue weighted by Gasteiger charge is -2.33. The lowest BCUT2D eigenvalue weighted by molar-refractivity contribution is 0.171. The molecule has 1 aliphatic rings. The topological polar surface area (TPSA) is 55.6 Å². The van der Waals surface area contributed by atoms with Crippen molar-refractivity contribution in [2.75, 3.05) is 6.54 Å². The van der Waals surface area contributed by atoms with E-state index in [0.717, 1.165) is 18.9 Å². The third kappa shape index (κ3) is 3.07. The molecule has 0 aliphatic heterocycles. The van der Waals surface area contributed by atoms with E-state index in [1.54, 1.807) is 0 Å². The van der Waals surface area contributed by atoms with Gasteiger partial charge in [-0.25, -0.2) is 4.68 Å². The van der Waals surface area contributed by atoms with Gasteiger partial charge in [-0.05, 0) is 42.2 Å². The highest BCUT2D eigenvalue weighted by Gasteiger charge is 2.29. The Kier molecular flexibility index (Phi) is 4.32. The van der Waals surface area contributed by atoms with Gasteiger partial charge in [-0.3, -0.25) is 0 Å². The second kappa shape index (κ2) is 5.78. The molecule has 1 aromatic rings. The van der Waals surface area contributed by atoms with Crippen molar-refractivity contribution < 1.29 is 0 Å². The number of nitrogens with one attached hydrogen (secondary N) is 1. The van der Waals surface area contributed by atoms with Crippen molar-refractivity contribution in [3.8, 4) is 0 Å². The molecule has 1 atom stereocenters. The maximum Gasteiger partial charge on any atom is 0.167 e. The molecule has 0 saturated heterocycles. The van der Waals surface area contributed by atoms with Gasteiger partial charge < -0.3 is 5.32 Å². The number of nitrogens with zero attached hydrogens (tertiary/aromatic N) is 4. The molecule has 5 heteroatoms. The van der Waals surface area contributed by atoms with Gasteiger partial charge in [-0.1, -0.05) is 33.1 Å². The summed E-state index contributed by atoms with van der Waals surface area (Å²) in [5.41, 5.74) is 0.369. The number of aromatic nitrogens is 4. The fourth-order valence-corrected chi connectivity index (χ4v) is 2.96. The molecule has 1 N–H and O–H groups in total. The van der Waals surface area contributed by atoms with Crippen LogP contribution in [0.5, 0.6) is 0 Å².